The van der Waals surface area contributed by atoms with Gasteiger partial charge in [0, 0.05) is 19.0 Å². The van der Waals surface area contributed by atoms with Crippen molar-refractivity contribution in [3.05, 3.63) is 23.8 Å². The third-order valence-electron chi connectivity index (χ3n) is 3.80. The average molecular weight is 306 g/mol. The maximum Gasteiger partial charge on any atom is 0.410 e. The molecule has 0 saturated carbocycles. The van der Waals surface area contributed by atoms with E-state index in [0.717, 1.165) is 24.9 Å². The monoisotopic (exact) mass is 306 g/mol. The van der Waals surface area contributed by atoms with Crippen LogP contribution in [0.3, 0.4) is 0 Å². The second-order valence-corrected chi connectivity index (χ2v) is 6.77. The molecule has 0 spiro atoms. The first kappa shape index (κ1) is 16.5. The molecule has 0 aromatic heterocycles. The number of nitrogens with zero attached hydrogens (tertiary/aromatic N) is 1. The summed E-state index contributed by atoms with van der Waals surface area (Å²) in [7, 11) is 1.61. The van der Waals surface area contributed by atoms with E-state index in [1.54, 1.807) is 12.0 Å². The molecule has 0 bridgehead atoms. The molecule has 1 aliphatic rings. The van der Waals surface area contributed by atoms with E-state index < -0.39 is 5.60 Å². The summed E-state index contributed by atoms with van der Waals surface area (Å²) < 4.78 is 10.8. The highest BCUT2D eigenvalue weighted by Crippen LogP contribution is 2.32. The van der Waals surface area contributed by atoms with E-state index in [2.05, 4.69) is 0 Å². The number of hydrogen-bond donors (Lipinski definition) is 1. The highest BCUT2D eigenvalue weighted by atomic mass is 16.6. The van der Waals surface area contributed by atoms with Crippen LogP contribution in [0.25, 0.3) is 0 Å². The molecule has 1 unspecified atom stereocenters. The SMILES string of the molecule is COc1cc(C2CCCN(C(=O)OC(C)(C)C)C2)ccc1N. The van der Waals surface area contributed by atoms with Gasteiger partial charge in [-0.05, 0) is 51.3 Å². The molecule has 2 N–H and O–H groups in total. The summed E-state index contributed by atoms with van der Waals surface area (Å²) in [5, 5.41) is 0. The summed E-state index contributed by atoms with van der Waals surface area (Å²) in [5.41, 5.74) is 7.18. The highest BCUT2D eigenvalue weighted by Gasteiger charge is 2.28. The fraction of sp³-hybridized carbons (Fsp3) is 0.588. The zero-order chi connectivity index (χ0) is 16.3. The Balaban J connectivity index is 2.09. The van der Waals surface area contributed by atoms with Crippen LogP contribution in [0.2, 0.25) is 0 Å². The summed E-state index contributed by atoms with van der Waals surface area (Å²) >= 11 is 0. The lowest BCUT2D eigenvalue weighted by Crippen LogP contribution is -2.42. The number of likely N-dealkylation sites (tertiary alicyclic amines) is 1. The number of anilines is 1. The first-order valence-corrected chi connectivity index (χ1v) is 7.71. The lowest BCUT2D eigenvalue weighted by Gasteiger charge is -2.34. The minimum absolute atomic E-state index is 0.236. The number of benzene rings is 1. The standard InChI is InChI=1S/C17H26N2O3/c1-17(2,3)22-16(20)19-9-5-6-13(11-19)12-7-8-14(18)15(10-12)21-4/h7-8,10,13H,5-6,9,11,18H2,1-4H3. The van der Waals surface area contributed by atoms with Gasteiger partial charge in [0.1, 0.15) is 11.4 Å². The number of carbonyl (C=O) groups excluding carboxylic acids is 1. The topological polar surface area (TPSA) is 64.8 Å². The van der Waals surface area contributed by atoms with Crippen molar-refractivity contribution in [3.63, 3.8) is 0 Å². The number of amides is 1. The predicted molar refractivity (Wildman–Crippen MR) is 87.2 cm³/mol. The van der Waals surface area contributed by atoms with Crippen molar-refractivity contribution in [2.24, 2.45) is 0 Å². The average Bonchev–Trinajstić information content (AvgIpc) is 2.46. The number of nitrogens with two attached hydrogens (primary N) is 1. The zero-order valence-corrected chi connectivity index (χ0v) is 13.9. The lowest BCUT2D eigenvalue weighted by atomic mass is 9.90. The van der Waals surface area contributed by atoms with Crippen LogP contribution in [-0.2, 0) is 4.74 Å². The molecule has 0 aliphatic carbocycles. The Labute approximate surface area is 132 Å². The maximum absolute atomic E-state index is 12.2. The number of carbonyl (C=O) groups is 1. The number of piperidine rings is 1. The summed E-state index contributed by atoms with van der Waals surface area (Å²) in [4.78, 5) is 14.0. The van der Waals surface area contributed by atoms with Crippen LogP contribution in [0.4, 0.5) is 10.5 Å². The molecule has 1 heterocycles. The highest BCUT2D eigenvalue weighted by molar-refractivity contribution is 5.68. The Morgan fingerprint density at radius 2 is 2.09 bits per heavy atom. The van der Waals surface area contributed by atoms with Crippen molar-refractivity contribution in [2.75, 3.05) is 25.9 Å². The van der Waals surface area contributed by atoms with Crippen LogP contribution in [0.1, 0.15) is 45.1 Å². The minimum Gasteiger partial charge on any atom is -0.495 e. The second kappa shape index (κ2) is 6.46. The molecule has 5 nitrogen and oxygen atoms in total. The molecule has 5 heteroatoms. The Morgan fingerprint density at radius 3 is 2.73 bits per heavy atom. The number of ether oxygens (including phenoxy) is 2. The molecule has 1 atom stereocenters. The predicted octanol–water partition coefficient (Wildman–Crippen LogP) is 3.39. The molecule has 2 rings (SSSR count). The normalized spacial score (nSPS) is 18.9. The van der Waals surface area contributed by atoms with E-state index in [9.17, 15) is 4.79 Å². The van der Waals surface area contributed by atoms with Gasteiger partial charge in [-0.25, -0.2) is 4.79 Å². The molecule has 1 saturated heterocycles. The minimum atomic E-state index is -0.464. The number of rotatable bonds is 2. The number of nitrogen functional groups attached to an aromatic ring is 1. The third-order valence-corrected chi connectivity index (χ3v) is 3.80. The van der Waals surface area contributed by atoms with Gasteiger partial charge in [-0.2, -0.15) is 0 Å². The Kier molecular flexibility index (Phi) is 4.84. The zero-order valence-electron chi connectivity index (χ0n) is 13.9. The van der Waals surface area contributed by atoms with E-state index in [0.29, 0.717) is 18.0 Å². The van der Waals surface area contributed by atoms with Crippen molar-refractivity contribution in [1.29, 1.82) is 0 Å². The van der Waals surface area contributed by atoms with Crippen LogP contribution in [0, 0.1) is 0 Å². The molecule has 0 radical (unpaired) electrons. The van der Waals surface area contributed by atoms with Gasteiger partial charge in [0.2, 0.25) is 0 Å². The number of methoxy groups -OCH3 is 1. The smallest absolute Gasteiger partial charge is 0.410 e. The lowest BCUT2D eigenvalue weighted by molar-refractivity contribution is 0.0198. The molecule has 122 valence electrons. The largest absolute Gasteiger partial charge is 0.495 e. The molecule has 1 aromatic rings. The molecular weight excluding hydrogens is 280 g/mol. The van der Waals surface area contributed by atoms with Crippen LogP contribution in [0.5, 0.6) is 5.75 Å². The third kappa shape index (κ3) is 4.06. The van der Waals surface area contributed by atoms with Crippen LogP contribution in [-0.4, -0.2) is 36.8 Å². The van der Waals surface area contributed by atoms with Crippen molar-refractivity contribution in [3.8, 4) is 5.75 Å². The van der Waals surface area contributed by atoms with Crippen LogP contribution in [0.15, 0.2) is 18.2 Å². The fourth-order valence-electron chi connectivity index (χ4n) is 2.72. The van der Waals surface area contributed by atoms with E-state index in [4.69, 9.17) is 15.2 Å². The van der Waals surface area contributed by atoms with Crippen LogP contribution >= 0.6 is 0 Å². The van der Waals surface area contributed by atoms with Crippen molar-refractivity contribution >= 4 is 11.8 Å². The quantitative estimate of drug-likeness (QED) is 0.851. The molecule has 22 heavy (non-hydrogen) atoms. The summed E-state index contributed by atoms with van der Waals surface area (Å²) in [5.74, 6) is 0.975. The molecule has 1 fully saturated rings. The number of hydrogen-bond acceptors (Lipinski definition) is 4. The van der Waals surface area contributed by atoms with Gasteiger partial charge in [0.15, 0.2) is 0 Å². The summed E-state index contributed by atoms with van der Waals surface area (Å²) in [6, 6.07) is 5.85. The Hall–Kier alpha value is -1.91. The molecule has 1 aromatic carbocycles. The molecular formula is C17H26N2O3. The maximum atomic E-state index is 12.2. The fourth-order valence-corrected chi connectivity index (χ4v) is 2.72. The van der Waals surface area contributed by atoms with E-state index in [1.807, 2.05) is 39.0 Å². The van der Waals surface area contributed by atoms with Gasteiger partial charge in [0.25, 0.3) is 0 Å². The summed E-state index contributed by atoms with van der Waals surface area (Å²) in [6.45, 7) is 7.07. The van der Waals surface area contributed by atoms with Crippen molar-refractivity contribution in [1.82, 2.24) is 4.90 Å². The van der Waals surface area contributed by atoms with E-state index in [1.165, 1.54) is 0 Å². The van der Waals surface area contributed by atoms with Gasteiger partial charge >= 0.3 is 6.09 Å². The first-order chi connectivity index (χ1) is 10.3. The Bertz CT molecular complexity index is 537. The molecule has 1 amide bonds. The van der Waals surface area contributed by atoms with E-state index >= 15 is 0 Å². The first-order valence-electron chi connectivity index (χ1n) is 7.71. The van der Waals surface area contributed by atoms with Gasteiger partial charge in [-0.3, -0.25) is 0 Å². The molecule has 1 aliphatic heterocycles. The van der Waals surface area contributed by atoms with Gasteiger partial charge < -0.3 is 20.1 Å². The van der Waals surface area contributed by atoms with Crippen molar-refractivity contribution in [2.45, 2.75) is 45.1 Å². The van der Waals surface area contributed by atoms with Crippen molar-refractivity contribution < 1.29 is 14.3 Å². The second-order valence-electron chi connectivity index (χ2n) is 6.77. The Morgan fingerprint density at radius 1 is 1.36 bits per heavy atom. The van der Waals surface area contributed by atoms with E-state index in [-0.39, 0.29) is 12.0 Å². The summed E-state index contributed by atoms with van der Waals surface area (Å²) in [6.07, 6.45) is 1.78. The van der Waals surface area contributed by atoms with Gasteiger partial charge in [-0.15, -0.1) is 0 Å². The van der Waals surface area contributed by atoms with Gasteiger partial charge in [-0.1, -0.05) is 6.07 Å². The van der Waals surface area contributed by atoms with Gasteiger partial charge in [0.05, 0.1) is 12.8 Å². The van der Waals surface area contributed by atoms with Crippen LogP contribution < -0.4 is 10.5 Å².